The maximum atomic E-state index is 12.5. The number of ketones is 2. The Morgan fingerprint density at radius 3 is 1.18 bits per heavy atom. The van der Waals surface area contributed by atoms with E-state index in [-0.39, 0.29) is 23.4 Å². The number of hydrogen-bond donors (Lipinski definition) is 1. The Kier molecular flexibility index (Phi) is 21.7. The number of benzene rings is 4. The van der Waals surface area contributed by atoms with Crippen LogP contribution in [0.25, 0.3) is 0 Å². The number of likely N-dealkylation sites (N-methyl/N-ethyl adjacent to an activating group) is 2. The predicted octanol–water partition coefficient (Wildman–Crippen LogP) is 7.31. The van der Waals surface area contributed by atoms with Crippen molar-refractivity contribution in [3.8, 4) is 11.5 Å². The minimum absolute atomic E-state index is 0.0247. The van der Waals surface area contributed by atoms with Crippen LogP contribution in [-0.2, 0) is 9.59 Å². The third-order valence-electron chi connectivity index (χ3n) is 11.7. The van der Waals surface area contributed by atoms with Crippen molar-refractivity contribution in [1.29, 1.82) is 0 Å². The van der Waals surface area contributed by atoms with Crippen molar-refractivity contribution in [3.63, 3.8) is 0 Å². The van der Waals surface area contributed by atoms with Crippen molar-refractivity contribution >= 4 is 46.6 Å². The average molecular weight is 930 g/mol. The number of piperazine rings is 2. The van der Waals surface area contributed by atoms with Gasteiger partial charge in [0.15, 0.2) is 11.6 Å². The summed E-state index contributed by atoms with van der Waals surface area (Å²) in [5.41, 5.74) is 2.51. The number of halogens is 2. The zero-order valence-corrected chi connectivity index (χ0v) is 39.8. The molecule has 4 aromatic rings. The molecule has 2 aliphatic rings. The number of carbonyl (C=O) groups excluding carboxylic acids is 4. The number of unbranched alkanes of at least 4 members (excludes halogenated alkanes) is 4. The molecule has 0 radical (unpaired) electrons. The smallest absolute Gasteiger partial charge is 0.236 e. The summed E-state index contributed by atoms with van der Waals surface area (Å²) in [5.74, 6) is 1.77. The number of hydrogen-bond acceptors (Lipinski definition) is 10. The van der Waals surface area contributed by atoms with Gasteiger partial charge >= 0.3 is 0 Å². The first kappa shape index (κ1) is 51.2. The average Bonchev–Trinajstić information content (AvgIpc) is 3.32. The van der Waals surface area contributed by atoms with Gasteiger partial charge in [-0.05, 0) is 149 Å². The SMILES string of the molecule is CN(C)C(=O)CN1CCN(CCCCCOc2ccc(C(=O)c3ccc(Cl)cc3)cc2)CC1.CNC(=O)CN1CCN(CCCCCOc2ccc(C(=O)c3ccc(Cl)cc3)cc2)CC1. The molecular formula is C51H66Cl2N6O6. The summed E-state index contributed by atoms with van der Waals surface area (Å²) in [6.07, 6.45) is 6.53. The van der Waals surface area contributed by atoms with E-state index in [1.54, 1.807) is 98.8 Å². The molecule has 2 saturated heterocycles. The summed E-state index contributed by atoms with van der Waals surface area (Å²) in [5, 5.41) is 3.91. The summed E-state index contributed by atoms with van der Waals surface area (Å²) >= 11 is 11.8. The van der Waals surface area contributed by atoms with Crippen LogP contribution in [0.5, 0.6) is 11.5 Å². The highest BCUT2D eigenvalue weighted by molar-refractivity contribution is 6.31. The molecular weight excluding hydrogens is 864 g/mol. The van der Waals surface area contributed by atoms with Gasteiger partial charge in [-0.15, -0.1) is 0 Å². The second-order valence-corrected chi connectivity index (χ2v) is 17.6. The van der Waals surface area contributed by atoms with E-state index < -0.39 is 0 Å². The molecule has 14 heteroatoms. The zero-order chi connectivity index (χ0) is 46.4. The fourth-order valence-corrected chi connectivity index (χ4v) is 7.76. The molecule has 2 heterocycles. The Morgan fingerprint density at radius 1 is 0.492 bits per heavy atom. The summed E-state index contributed by atoms with van der Waals surface area (Å²) in [7, 11) is 5.30. The lowest BCUT2D eigenvalue weighted by atomic mass is 10.0. The number of carbonyl (C=O) groups is 4. The maximum absolute atomic E-state index is 12.5. The number of ether oxygens (including phenoxy) is 2. The Bertz CT molecular complexity index is 2050. The number of amides is 2. The predicted molar refractivity (Wildman–Crippen MR) is 260 cm³/mol. The van der Waals surface area contributed by atoms with Gasteiger partial charge in [-0.25, -0.2) is 0 Å². The monoisotopic (exact) mass is 928 g/mol. The largest absolute Gasteiger partial charge is 0.494 e. The molecule has 65 heavy (non-hydrogen) atoms. The molecule has 0 aromatic heterocycles. The van der Waals surface area contributed by atoms with Crippen LogP contribution >= 0.6 is 23.2 Å². The fraction of sp³-hybridized carbons (Fsp3) is 0.451. The highest BCUT2D eigenvalue weighted by atomic mass is 35.5. The van der Waals surface area contributed by atoms with Gasteiger partial charge in [-0.3, -0.25) is 29.0 Å². The van der Waals surface area contributed by atoms with Gasteiger partial charge in [-0.1, -0.05) is 23.2 Å². The van der Waals surface area contributed by atoms with E-state index in [2.05, 4.69) is 24.9 Å². The molecule has 0 spiro atoms. The molecule has 350 valence electrons. The normalized spacial score (nSPS) is 14.8. The van der Waals surface area contributed by atoms with Crippen LogP contribution in [0.15, 0.2) is 97.1 Å². The van der Waals surface area contributed by atoms with E-state index in [1.165, 1.54) is 0 Å². The van der Waals surface area contributed by atoms with Gasteiger partial charge in [0.2, 0.25) is 11.8 Å². The van der Waals surface area contributed by atoms with Crippen molar-refractivity contribution in [2.45, 2.75) is 38.5 Å². The molecule has 0 aliphatic carbocycles. The Hall–Kier alpha value is -4.82. The summed E-state index contributed by atoms with van der Waals surface area (Å²) in [6, 6.07) is 28.4. The second-order valence-electron chi connectivity index (χ2n) is 16.7. The molecule has 0 saturated carbocycles. The zero-order valence-electron chi connectivity index (χ0n) is 38.3. The molecule has 0 bridgehead atoms. The summed E-state index contributed by atoms with van der Waals surface area (Å²) in [6.45, 7) is 12.5. The van der Waals surface area contributed by atoms with Crippen LogP contribution in [0, 0.1) is 0 Å². The van der Waals surface area contributed by atoms with Crippen LogP contribution in [0.3, 0.4) is 0 Å². The molecule has 2 aliphatic heterocycles. The Labute approximate surface area is 395 Å². The number of nitrogens with one attached hydrogen (secondary N) is 1. The molecule has 6 rings (SSSR count). The van der Waals surface area contributed by atoms with E-state index in [0.717, 1.165) is 115 Å². The first-order valence-electron chi connectivity index (χ1n) is 22.8. The van der Waals surface area contributed by atoms with Crippen LogP contribution in [0.4, 0.5) is 0 Å². The highest BCUT2D eigenvalue weighted by Gasteiger charge is 2.20. The molecule has 1 N–H and O–H groups in total. The quantitative estimate of drug-likeness (QED) is 0.0636. The first-order valence-corrected chi connectivity index (χ1v) is 23.6. The van der Waals surface area contributed by atoms with Crippen molar-refractivity contribution < 1.29 is 28.7 Å². The molecule has 0 unspecified atom stereocenters. The Morgan fingerprint density at radius 2 is 0.831 bits per heavy atom. The first-order chi connectivity index (χ1) is 31.5. The molecule has 0 atom stereocenters. The minimum atomic E-state index is -0.0253. The van der Waals surface area contributed by atoms with E-state index in [1.807, 2.05) is 24.3 Å². The highest BCUT2D eigenvalue weighted by Crippen LogP contribution is 2.20. The van der Waals surface area contributed by atoms with Crippen molar-refractivity contribution in [3.05, 3.63) is 129 Å². The topological polar surface area (TPSA) is 115 Å². The lowest BCUT2D eigenvalue weighted by molar-refractivity contribution is -0.130. The standard InChI is InChI=1S/C26H34ClN3O3.C25H32ClN3O3/c1-28(2)25(31)20-30-17-15-29(16-18-30)14-4-3-5-19-33-24-12-8-22(9-13-24)26(32)21-6-10-23(27)11-7-21;1-27-24(30)19-29-16-14-28(15-17-29)13-3-2-4-18-32-23-11-7-21(8-12-23)25(31)20-5-9-22(26)10-6-20/h6-13H,3-5,14-20H2,1-2H3;5-12H,2-4,13-19H2,1H3,(H,27,30). The van der Waals surface area contributed by atoms with E-state index in [9.17, 15) is 19.2 Å². The van der Waals surface area contributed by atoms with Gasteiger partial charge in [0, 0.05) is 106 Å². The van der Waals surface area contributed by atoms with Gasteiger partial charge in [-0.2, -0.15) is 0 Å². The van der Waals surface area contributed by atoms with Gasteiger partial charge in [0.05, 0.1) is 26.3 Å². The fourth-order valence-electron chi connectivity index (χ4n) is 7.51. The number of nitrogens with zero attached hydrogens (tertiary/aromatic N) is 5. The van der Waals surface area contributed by atoms with E-state index in [4.69, 9.17) is 32.7 Å². The van der Waals surface area contributed by atoms with Crippen molar-refractivity contribution in [2.75, 3.05) is 113 Å². The molecule has 4 aromatic carbocycles. The maximum Gasteiger partial charge on any atom is 0.236 e. The van der Waals surface area contributed by atoms with Gasteiger partial charge in [0.25, 0.3) is 0 Å². The molecule has 2 amide bonds. The number of rotatable bonds is 22. The summed E-state index contributed by atoms with van der Waals surface area (Å²) in [4.78, 5) is 59.3. The lowest BCUT2D eigenvalue weighted by Crippen LogP contribution is -2.49. The van der Waals surface area contributed by atoms with Gasteiger partial charge in [0.1, 0.15) is 11.5 Å². The minimum Gasteiger partial charge on any atom is -0.494 e. The third-order valence-corrected chi connectivity index (χ3v) is 12.2. The van der Waals surface area contributed by atoms with E-state index in [0.29, 0.717) is 58.6 Å². The van der Waals surface area contributed by atoms with Crippen LogP contribution in [0.1, 0.15) is 70.4 Å². The third kappa shape index (κ3) is 18.2. The van der Waals surface area contributed by atoms with Crippen LogP contribution in [0.2, 0.25) is 10.0 Å². The van der Waals surface area contributed by atoms with Crippen LogP contribution < -0.4 is 14.8 Å². The molecule has 2 fully saturated rings. The van der Waals surface area contributed by atoms with Crippen molar-refractivity contribution in [1.82, 2.24) is 29.8 Å². The lowest BCUT2D eigenvalue weighted by Gasteiger charge is -2.34. The Balaban J connectivity index is 0.000000244. The van der Waals surface area contributed by atoms with E-state index >= 15 is 0 Å². The summed E-state index contributed by atoms with van der Waals surface area (Å²) < 4.78 is 11.7. The van der Waals surface area contributed by atoms with Crippen LogP contribution in [-0.4, -0.2) is 161 Å². The second kappa shape index (κ2) is 27.6. The van der Waals surface area contributed by atoms with Gasteiger partial charge < -0.3 is 29.5 Å². The molecule has 12 nitrogen and oxygen atoms in total. The van der Waals surface area contributed by atoms with Crippen molar-refractivity contribution in [2.24, 2.45) is 0 Å².